The number of amides is 1. The molecule has 130 valence electrons. The molecule has 1 amide bonds. The number of hydrogen-bond acceptors (Lipinski definition) is 4. The van der Waals surface area contributed by atoms with Crippen molar-refractivity contribution >= 4 is 17.2 Å². The van der Waals surface area contributed by atoms with E-state index in [0.29, 0.717) is 19.6 Å². The average Bonchev–Trinajstić information content (AvgIpc) is 3.02. The molecule has 0 saturated heterocycles. The van der Waals surface area contributed by atoms with Crippen LogP contribution < -0.4 is 4.74 Å². The lowest BCUT2D eigenvalue weighted by Gasteiger charge is -2.20. The van der Waals surface area contributed by atoms with Gasteiger partial charge in [-0.2, -0.15) is 0 Å². The Balaban J connectivity index is 1.97. The standard InChI is InChI=1S/C19H26N2O2S/c1-5-10-21(19(22)6-2)11-16-13-24-18(20-16)12-23-17-9-7-8-14(3)15(17)4/h7-9,13H,5-6,10-12H2,1-4H3. The molecule has 0 aliphatic rings. The molecule has 0 aliphatic carbocycles. The Morgan fingerprint density at radius 2 is 2.08 bits per heavy atom. The van der Waals surface area contributed by atoms with Crippen LogP contribution in [0, 0.1) is 13.8 Å². The van der Waals surface area contributed by atoms with E-state index in [1.165, 1.54) is 5.56 Å². The summed E-state index contributed by atoms with van der Waals surface area (Å²) in [5.41, 5.74) is 3.33. The summed E-state index contributed by atoms with van der Waals surface area (Å²) >= 11 is 1.58. The first kappa shape index (κ1) is 18.5. The molecular formula is C19H26N2O2S. The number of aryl methyl sites for hydroxylation is 1. The predicted molar refractivity (Wildman–Crippen MR) is 98.4 cm³/mol. The zero-order valence-corrected chi connectivity index (χ0v) is 15.8. The highest BCUT2D eigenvalue weighted by Gasteiger charge is 2.13. The largest absolute Gasteiger partial charge is 0.486 e. The van der Waals surface area contributed by atoms with Crippen molar-refractivity contribution in [3.05, 3.63) is 45.4 Å². The minimum Gasteiger partial charge on any atom is -0.486 e. The summed E-state index contributed by atoms with van der Waals surface area (Å²) in [5.74, 6) is 1.08. The second kappa shape index (κ2) is 8.83. The molecule has 4 nitrogen and oxygen atoms in total. The van der Waals surface area contributed by atoms with Gasteiger partial charge in [0.05, 0.1) is 12.2 Å². The Hall–Kier alpha value is -1.88. The van der Waals surface area contributed by atoms with Gasteiger partial charge in [-0.25, -0.2) is 4.98 Å². The molecule has 0 radical (unpaired) electrons. The number of carbonyl (C=O) groups is 1. The van der Waals surface area contributed by atoms with Gasteiger partial charge in [-0.15, -0.1) is 11.3 Å². The summed E-state index contributed by atoms with van der Waals surface area (Å²) in [7, 11) is 0. The van der Waals surface area contributed by atoms with Crippen LogP contribution >= 0.6 is 11.3 Å². The lowest BCUT2D eigenvalue weighted by atomic mass is 10.1. The minimum atomic E-state index is 0.179. The van der Waals surface area contributed by atoms with Crippen LogP contribution in [0.15, 0.2) is 23.6 Å². The Labute approximate surface area is 148 Å². The smallest absolute Gasteiger partial charge is 0.222 e. The van der Waals surface area contributed by atoms with Crippen LogP contribution in [0.3, 0.4) is 0 Å². The second-order valence-electron chi connectivity index (χ2n) is 5.89. The summed E-state index contributed by atoms with van der Waals surface area (Å²) in [5, 5.41) is 2.96. The fraction of sp³-hybridized carbons (Fsp3) is 0.474. The number of ether oxygens (including phenoxy) is 1. The molecule has 2 rings (SSSR count). The van der Waals surface area contributed by atoms with Crippen molar-refractivity contribution in [3.8, 4) is 5.75 Å². The first-order valence-electron chi connectivity index (χ1n) is 8.45. The zero-order chi connectivity index (χ0) is 17.5. The number of rotatable bonds is 8. The Morgan fingerprint density at radius 1 is 1.29 bits per heavy atom. The predicted octanol–water partition coefficient (Wildman–Crippen LogP) is 4.49. The van der Waals surface area contributed by atoms with Gasteiger partial charge in [0.1, 0.15) is 17.4 Å². The van der Waals surface area contributed by atoms with Crippen molar-refractivity contribution in [1.82, 2.24) is 9.88 Å². The number of carbonyl (C=O) groups excluding carboxylic acids is 1. The molecule has 0 spiro atoms. The molecule has 0 N–H and O–H groups in total. The SMILES string of the molecule is CCCN(Cc1csc(COc2cccc(C)c2C)n1)C(=O)CC. The van der Waals surface area contributed by atoms with E-state index in [2.05, 4.69) is 31.8 Å². The van der Waals surface area contributed by atoms with Gasteiger partial charge in [-0.05, 0) is 37.5 Å². The van der Waals surface area contributed by atoms with Crippen molar-refractivity contribution < 1.29 is 9.53 Å². The Bertz CT molecular complexity index is 682. The number of benzene rings is 1. The van der Waals surface area contributed by atoms with E-state index in [1.807, 2.05) is 29.3 Å². The number of hydrogen-bond donors (Lipinski definition) is 0. The lowest BCUT2D eigenvalue weighted by molar-refractivity contribution is -0.131. The maximum Gasteiger partial charge on any atom is 0.222 e. The lowest BCUT2D eigenvalue weighted by Crippen LogP contribution is -2.30. The Morgan fingerprint density at radius 3 is 2.79 bits per heavy atom. The topological polar surface area (TPSA) is 42.4 Å². The highest BCUT2D eigenvalue weighted by molar-refractivity contribution is 7.09. The van der Waals surface area contributed by atoms with Gasteiger partial charge in [-0.1, -0.05) is 26.0 Å². The van der Waals surface area contributed by atoms with Gasteiger partial charge < -0.3 is 9.64 Å². The minimum absolute atomic E-state index is 0.179. The van der Waals surface area contributed by atoms with E-state index >= 15 is 0 Å². The second-order valence-corrected chi connectivity index (χ2v) is 6.83. The maximum absolute atomic E-state index is 12.0. The van der Waals surface area contributed by atoms with Gasteiger partial charge in [0.2, 0.25) is 5.91 Å². The number of nitrogens with zero attached hydrogens (tertiary/aromatic N) is 2. The quantitative estimate of drug-likeness (QED) is 0.707. The van der Waals surface area contributed by atoms with Crippen molar-refractivity contribution in [2.24, 2.45) is 0 Å². The van der Waals surface area contributed by atoms with Crippen LogP contribution in [0.1, 0.15) is 48.5 Å². The average molecular weight is 346 g/mol. The molecule has 24 heavy (non-hydrogen) atoms. The fourth-order valence-corrected chi connectivity index (χ4v) is 3.19. The van der Waals surface area contributed by atoms with Crippen LogP contribution in [0.5, 0.6) is 5.75 Å². The van der Waals surface area contributed by atoms with E-state index in [9.17, 15) is 4.79 Å². The van der Waals surface area contributed by atoms with Gasteiger partial charge in [0.25, 0.3) is 0 Å². The molecule has 2 aromatic rings. The van der Waals surface area contributed by atoms with E-state index in [1.54, 1.807) is 11.3 Å². The van der Waals surface area contributed by atoms with Gasteiger partial charge >= 0.3 is 0 Å². The summed E-state index contributed by atoms with van der Waals surface area (Å²) in [6, 6.07) is 6.07. The summed E-state index contributed by atoms with van der Waals surface area (Å²) in [4.78, 5) is 18.5. The number of aromatic nitrogens is 1. The third-order valence-electron chi connectivity index (χ3n) is 4.01. The van der Waals surface area contributed by atoms with E-state index < -0.39 is 0 Å². The van der Waals surface area contributed by atoms with Gasteiger partial charge in [0, 0.05) is 18.3 Å². The molecular weight excluding hydrogens is 320 g/mol. The first-order chi connectivity index (χ1) is 11.5. The van der Waals surface area contributed by atoms with Gasteiger partial charge in [0.15, 0.2) is 0 Å². The Kier molecular flexibility index (Phi) is 6.79. The van der Waals surface area contributed by atoms with Crippen molar-refractivity contribution in [2.45, 2.75) is 53.7 Å². The molecule has 0 atom stereocenters. The van der Waals surface area contributed by atoms with E-state index in [-0.39, 0.29) is 5.91 Å². The van der Waals surface area contributed by atoms with Crippen LogP contribution in [0.4, 0.5) is 0 Å². The zero-order valence-electron chi connectivity index (χ0n) is 15.0. The van der Waals surface area contributed by atoms with Crippen molar-refractivity contribution in [3.63, 3.8) is 0 Å². The van der Waals surface area contributed by atoms with Crippen LogP contribution in [-0.2, 0) is 17.9 Å². The summed E-state index contributed by atoms with van der Waals surface area (Å²) < 4.78 is 5.91. The third-order valence-corrected chi connectivity index (χ3v) is 4.88. The van der Waals surface area contributed by atoms with Crippen molar-refractivity contribution in [1.29, 1.82) is 0 Å². The molecule has 0 aliphatic heterocycles. The molecule has 0 unspecified atom stereocenters. The van der Waals surface area contributed by atoms with Crippen LogP contribution in [-0.4, -0.2) is 22.3 Å². The first-order valence-corrected chi connectivity index (χ1v) is 9.33. The molecule has 0 bridgehead atoms. The molecule has 1 heterocycles. The highest BCUT2D eigenvalue weighted by atomic mass is 32.1. The van der Waals surface area contributed by atoms with E-state index in [4.69, 9.17) is 4.74 Å². The molecule has 1 aromatic carbocycles. The number of thiazole rings is 1. The van der Waals surface area contributed by atoms with Crippen molar-refractivity contribution in [2.75, 3.05) is 6.54 Å². The van der Waals surface area contributed by atoms with E-state index in [0.717, 1.165) is 35.0 Å². The van der Waals surface area contributed by atoms with Crippen LogP contribution in [0.25, 0.3) is 0 Å². The van der Waals surface area contributed by atoms with Crippen LogP contribution in [0.2, 0.25) is 0 Å². The molecule has 1 aromatic heterocycles. The van der Waals surface area contributed by atoms with Gasteiger partial charge in [-0.3, -0.25) is 4.79 Å². The third kappa shape index (κ3) is 4.81. The normalized spacial score (nSPS) is 10.7. The molecule has 5 heteroatoms. The summed E-state index contributed by atoms with van der Waals surface area (Å²) in [6.45, 7) is 9.95. The molecule has 0 saturated carbocycles. The highest BCUT2D eigenvalue weighted by Crippen LogP contribution is 2.22. The molecule has 0 fully saturated rings. The summed E-state index contributed by atoms with van der Waals surface area (Å²) in [6.07, 6.45) is 1.49. The monoisotopic (exact) mass is 346 g/mol. The fourth-order valence-electron chi connectivity index (χ4n) is 2.49. The maximum atomic E-state index is 12.0.